The maximum atomic E-state index is 5.75. The zero-order valence-electron chi connectivity index (χ0n) is 9.71. The van der Waals surface area contributed by atoms with Crippen LogP contribution in [0.4, 0.5) is 0 Å². The highest BCUT2D eigenvalue weighted by atomic mass is 35.5. The van der Waals surface area contributed by atoms with E-state index in [1.807, 2.05) is 24.3 Å². The second-order valence-electron chi connectivity index (χ2n) is 3.73. The molecule has 0 atom stereocenters. The molecule has 1 radical (unpaired) electrons. The quantitative estimate of drug-likeness (QED) is 0.674. The number of halogens is 1. The first-order valence-electron chi connectivity index (χ1n) is 5.56. The van der Waals surface area contributed by atoms with Crippen molar-refractivity contribution in [3.63, 3.8) is 0 Å². The summed E-state index contributed by atoms with van der Waals surface area (Å²) < 4.78 is 5.38. The maximum Gasteiger partial charge on any atom is 0.208 e. The van der Waals surface area contributed by atoms with Crippen LogP contribution in [0.5, 0.6) is 0 Å². The van der Waals surface area contributed by atoms with Gasteiger partial charge in [-0.2, -0.15) is 0 Å². The Hall–Kier alpha value is -0.573. The van der Waals surface area contributed by atoms with Crippen LogP contribution in [0.2, 0.25) is 17.6 Å². The molecule has 0 aromatic heterocycles. The Balaban J connectivity index is 0.000000165. The molecule has 1 fully saturated rings. The van der Waals surface area contributed by atoms with E-state index in [1.54, 1.807) is 6.08 Å². The predicted octanol–water partition coefficient (Wildman–Crippen LogP) is 4.40. The van der Waals surface area contributed by atoms with Crippen molar-refractivity contribution in [2.45, 2.75) is 25.4 Å². The zero-order valence-corrected chi connectivity index (χ0v) is 11.5. The third-order valence-corrected chi connectivity index (χ3v) is 4.50. The van der Waals surface area contributed by atoms with E-state index in [9.17, 15) is 0 Å². The molecule has 3 heteroatoms. The summed E-state index contributed by atoms with van der Waals surface area (Å²) in [5.74, 6) is 0. The molecular formula is C13H18ClOSi. The van der Waals surface area contributed by atoms with Crippen molar-refractivity contribution in [1.29, 1.82) is 0 Å². The van der Waals surface area contributed by atoms with Gasteiger partial charge >= 0.3 is 0 Å². The molecule has 87 valence electrons. The van der Waals surface area contributed by atoms with Crippen molar-refractivity contribution in [2.24, 2.45) is 0 Å². The van der Waals surface area contributed by atoms with Gasteiger partial charge in [0.15, 0.2) is 0 Å². The minimum Gasteiger partial charge on any atom is -0.417 e. The van der Waals surface area contributed by atoms with Gasteiger partial charge < -0.3 is 4.43 Å². The summed E-state index contributed by atoms with van der Waals surface area (Å²) >= 11 is 5.75. The number of benzene rings is 1. The number of hydrogen-bond acceptors (Lipinski definition) is 1. The Kier molecular flexibility index (Phi) is 6.46. The lowest BCUT2D eigenvalue weighted by Gasteiger charge is -2.15. The summed E-state index contributed by atoms with van der Waals surface area (Å²) in [6, 6.07) is 8.97. The SMILES string of the molecule is C=Cc1ccccc1Cl.C[Si]1CCCCO1. The van der Waals surface area contributed by atoms with Crippen LogP contribution in [0.15, 0.2) is 30.8 Å². The number of hydrogen-bond donors (Lipinski definition) is 0. The normalized spacial score (nSPS) is 16.1. The van der Waals surface area contributed by atoms with Crippen LogP contribution in [0, 0.1) is 0 Å². The van der Waals surface area contributed by atoms with Crippen molar-refractivity contribution in [1.82, 2.24) is 0 Å². The average Bonchev–Trinajstić information content (AvgIpc) is 2.31. The van der Waals surface area contributed by atoms with Crippen LogP contribution in [0.1, 0.15) is 18.4 Å². The minimum atomic E-state index is -0.293. The maximum absolute atomic E-state index is 5.75. The molecule has 16 heavy (non-hydrogen) atoms. The highest BCUT2D eigenvalue weighted by molar-refractivity contribution is 6.50. The summed E-state index contributed by atoms with van der Waals surface area (Å²) in [4.78, 5) is 0. The van der Waals surface area contributed by atoms with Gasteiger partial charge in [-0.3, -0.25) is 0 Å². The van der Waals surface area contributed by atoms with Gasteiger partial charge in [0, 0.05) is 11.6 Å². The fraction of sp³-hybridized carbons (Fsp3) is 0.385. The molecule has 1 aliphatic rings. The minimum absolute atomic E-state index is 0.293. The second kappa shape index (κ2) is 7.66. The van der Waals surface area contributed by atoms with Crippen molar-refractivity contribution in [3.8, 4) is 0 Å². The molecule has 0 bridgehead atoms. The van der Waals surface area contributed by atoms with Crippen molar-refractivity contribution >= 4 is 26.7 Å². The summed E-state index contributed by atoms with van der Waals surface area (Å²) in [5, 5.41) is 0.757. The second-order valence-corrected chi connectivity index (χ2v) is 6.33. The monoisotopic (exact) mass is 253 g/mol. The fourth-order valence-corrected chi connectivity index (χ4v) is 3.03. The van der Waals surface area contributed by atoms with Crippen LogP contribution in [-0.4, -0.2) is 15.6 Å². The molecule has 1 nitrogen and oxygen atoms in total. The molecule has 1 saturated heterocycles. The topological polar surface area (TPSA) is 9.23 Å². The predicted molar refractivity (Wildman–Crippen MR) is 73.2 cm³/mol. The van der Waals surface area contributed by atoms with E-state index in [0.717, 1.165) is 17.2 Å². The highest BCUT2D eigenvalue weighted by Crippen LogP contribution is 2.14. The van der Waals surface area contributed by atoms with E-state index >= 15 is 0 Å². The lowest BCUT2D eigenvalue weighted by Crippen LogP contribution is -2.18. The number of rotatable bonds is 1. The first kappa shape index (κ1) is 13.5. The smallest absolute Gasteiger partial charge is 0.208 e. The van der Waals surface area contributed by atoms with E-state index in [2.05, 4.69) is 13.1 Å². The van der Waals surface area contributed by atoms with Crippen LogP contribution in [0.3, 0.4) is 0 Å². The molecule has 1 aliphatic heterocycles. The third-order valence-electron chi connectivity index (χ3n) is 2.40. The Morgan fingerprint density at radius 3 is 2.50 bits per heavy atom. The Morgan fingerprint density at radius 1 is 1.38 bits per heavy atom. The molecule has 1 aromatic carbocycles. The Morgan fingerprint density at radius 2 is 2.12 bits per heavy atom. The molecule has 0 spiro atoms. The Bertz CT molecular complexity index is 321. The third kappa shape index (κ3) is 4.97. The molecule has 0 N–H and O–H groups in total. The first-order chi connectivity index (χ1) is 7.74. The van der Waals surface area contributed by atoms with Crippen molar-refractivity contribution in [2.75, 3.05) is 6.61 Å². The summed E-state index contributed by atoms with van der Waals surface area (Å²) in [5.41, 5.74) is 0.985. The van der Waals surface area contributed by atoms with Gasteiger partial charge in [0.1, 0.15) is 0 Å². The van der Waals surface area contributed by atoms with Crippen molar-refractivity contribution < 1.29 is 4.43 Å². The molecule has 0 saturated carbocycles. The fourth-order valence-electron chi connectivity index (χ4n) is 1.44. The van der Waals surface area contributed by atoms with Gasteiger partial charge in [0.2, 0.25) is 9.04 Å². The van der Waals surface area contributed by atoms with E-state index in [4.69, 9.17) is 16.0 Å². The summed E-state index contributed by atoms with van der Waals surface area (Å²) in [7, 11) is -0.293. The van der Waals surface area contributed by atoms with Gasteiger partial charge in [0.05, 0.1) is 0 Å². The van der Waals surface area contributed by atoms with Crippen LogP contribution in [-0.2, 0) is 4.43 Å². The molecule has 0 unspecified atom stereocenters. The van der Waals surface area contributed by atoms with Crippen LogP contribution in [0.25, 0.3) is 6.08 Å². The van der Waals surface area contributed by atoms with Gasteiger partial charge in [-0.05, 0) is 30.6 Å². The van der Waals surface area contributed by atoms with E-state index in [0.29, 0.717) is 0 Å². The van der Waals surface area contributed by atoms with Gasteiger partial charge in [-0.1, -0.05) is 48.9 Å². The lowest BCUT2D eigenvalue weighted by molar-refractivity contribution is 0.291. The summed E-state index contributed by atoms with van der Waals surface area (Å²) in [6.45, 7) is 6.88. The zero-order chi connectivity index (χ0) is 11.8. The standard InChI is InChI=1S/C8H7Cl.C5H11OSi/c1-2-7-5-3-4-6-8(7)9;1-7-5-3-2-4-6-7/h2-6H,1H2;2-5H2,1H3. The van der Waals surface area contributed by atoms with Gasteiger partial charge in [0.25, 0.3) is 0 Å². The average molecular weight is 254 g/mol. The van der Waals surface area contributed by atoms with E-state index < -0.39 is 0 Å². The van der Waals surface area contributed by atoms with Gasteiger partial charge in [-0.15, -0.1) is 0 Å². The van der Waals surface area contributed by atoms with Gasteiger partial charge in [-0.25, -0.2) is 0 Å². The molecule has 0 aliphatic carbocycles. The molecule has 1 aromatic rings. The first-order valence-corrected chi connectivity index (χ1v) is 8.05. The van der Waals surface area contributed by atoms with E-state index in [1.165, 1.54) is 18.9 Å². The summed E-state index contributed by atoms with van der Waals surface area (Å²) in [6.07, 6.45) is 4.44. The Labute approximate surface area is 105 Å². The van der Waals surface area contributed by atoms with E-state index in [-0.39, 0.29) is 9.04 Å². The van der Waals surface area contributed by atoms with Crippen molar-refractivity contribution in [3.05, 3.63) is 41.4 Å². The van der Waals surface area contributed by atoms with Crippen LogP contribution < -0.4 is 0 Å². The molecule has 0 amide bonds. The lowest BCUT2D eigenvalue weighted by atomic mass is 10.2. The molecule has 2 rings (SSSR count). The van der Waals surface area contributed by atoms with Crippen LogP contribution >= 0.6 is 11.6 Å². The molecular weight excluding hydrogens is 236 g/mol. The highest BCUT2D eigenvalue weighted by Gasteiger charge is 2.09. The largest absolute Gasteiger partial charge is 0.417 e. The molecule has 1 heterocycles.